The number of likely N-dealkylation sites (tertiary alicyclic amines) is 1. The van der Waals surface area contributed by atoms with E-state index in [9.17, 15) is 4.79 Å². The Bertz CT molecular complexity index is 381. The summed E-state index contributed by atoms with van der Waals surface area (Å²) < 4.78 is 0. The number of pyridine rings is 1. The Morgan fingerprint density at radius 3 is 2.62 bits per heavy atom. The summed E-state index contributed by atoms with van der Waals surface area (Å²) in [6, 6.07) is 3.68. The molecule has 1 aromatic rings. The summed E-state index contributed by atoms with van der Waals surface area (Å²) in [5.41, 5.74) is 1.58. The number of hydrogen-bond donors (Lipinski definition) is 1. The first-order chi connectivity index (χ1) is 7.58. The van der Waals surface area contributed by atoms with Gasteiger partial charge in [-0.1, -0.05) is 19.9 Å². The lowest BCUT2D eigenvalue weighted by atomic mass is 10.1. The van der Waals surface area contributed by atoms with Crippen molar-refractivity contribution in [2.24, 2.45) is 0 Å². The molecule has 1 saturated heterocycles. The molecule has 0 aliphatic carbocycles. The van der Waals surface area contributed by atoms with Crippen LogP contribution in [0.5, 0.6) is 0 Å². The fraction of sp³-hybridized carbons (Fsp3) is 0.500. The summed E-state index contributed by atoms with van der Waals surface area (Å²) in [4.78, 5) is 17.6. The van der Waals surface area contributed by atoms with Gasteiger partial charge in [0.25, 0.3) is 5.91 Å². The van der Waals surface area contributed by atoms with Crippen LogP contribution in [0.1, 0.15) is 35.8 Å². The standard InChI is InChI=1S/C12H16N2O2/c1-8(2)9-3-4-11(13-5-9)12(16)14-6-10(15)7-14/h3-5,8,10,15H,6-7H2,1-2H3. The quantitative estimate of drug-likeness (QED) is 0.809. The molecule has 2 heterocycles. The van der Waals surface area contributed by atoms with E-state index in [4.69, 9.17) is 5.11 Å². The molecule has 0 atom stereocenters. The summed E-state index contributed by atoms with van der Waals surface area (Å²) in [5, 5.41) is 9.12. The maximum Gasteiger partial charge on any atom is 0.272 e. The summed E-state index contributed by atoms with van der Waals surface area (Å²) in [6.07, 6.45) is 1.38. The Hall–Kier alpha value is -1.42. The molecule has 1 aliphatic rings. The van der Waals surface area contributed by atoms with Crippen molar-refractivity contribution in [3.63, 3.8) is 0 Å². The molecule has 0 saturated carbocycles. The molecule has 1 aromatic heterocycles. The van der Waals surface area contributed by atoms with Gasteiger partial charge in [-0.15, -0.1) is 0 Å². The maximum absolute atomic E-state index is 11.8. The third-order valence-electron chi connectivity index (χ3n) is 2.82. The van der Waals surface area contributed by atoms with E-state index in [2.05, 4.69) is 18.8 Å². The van der Waals surface area contributed by atoms with E-state index >= 15 is 0 Å². The van der Waals surface area contributed by atoms with Crippen LogP contribution < -0.4 is 0 Å². The number of aliphatic hydroxyl groups is 1. The third kappa shape index (κ3) is 2.07. The Labute approximate surface area is 94.9 Å². The molecule has 1 N–H and O–H groups in total. The minimum Gasteiger partial charge on any atom is -0.389 e. The second kappa shape index (κ2) is 4.22. The van der Waals surface area contributed by atoms with Gasteiger partial charge in [0.2, 0.25) is 0 Å². The number of aliphatic hydroxyl groups excluding tert-OH is 1. The van der Waals surface area contributed by atoms with E-state index < -0.39 is 0 Å². The highest BCUT2D eigenvalue weighted by Gasteiger charge is 2.29. The Morgan fingerprint density at radius 1 is 1.50 bits per heavy atom. The zero-order chi connectivity index (χ0) is 11.7. The maximum atomic E-state index is 11.8. The highest BCUT2D eigenvalue weighted by molar-refractivity contribution is 5.92. The fourth-order valence-corrected chi connectivity index (χ4v) is 1.66. The van der Waals surface area contributed by atoms with E-state index in [-0.39, 0.29) is 12.0 Å². The highest BCUT2D eigenvalue weighted by atomic mass is 16.3. The highest BCUT2D eigenvalue weighted by Crippen LogP contribution is 2.15. The number of hydrogen-bond acceptors (Lipinski definition) is 3. The van der Waals surface area contributed by atoms with Gasteiger partial charge >= 0.3 is 0 Å². The summed E-state index contributed by atoms with van der Waals surface area (Å²) >= 11 is 0. The van der Waals surface area contributed by atoms with Gasteiger partial charge in [0.1, 0.15) is 5.69 Å². The van der Waals surface area contributed by atoms with Crippen LogP contribution in [0.2, 0.25) is 0 Å². The van der Waals surface area contributed by atoms with Crippen LogP contribution in [-0.2, 0) is 0 Å². The van der Waals surface area contributed by atoms with Gasteiger partial charge in [-0.25, -0.2) is 0 Å². The topological polar surface area (TPSA) is 53.4 Å². The largest absolute Gasteiger partial charge is 0.389 e. The van der Waals surface area contributed by atoms with Crippen molar-refractivity contribution in [1.82, 2.24) is 9.88 Å². The summed E-state index contributed by atoms with van der Waals surface area (Å²) in [6.45, 7) is 5.02. The van der Waals surface area contributed by atoms with Gasteiger partial charge in [-0.2, -0.15) is 0 Å². The molecule has 1 fully saturated rings. The van der Waals surface area contributed by atoms with E-state index in [1.165, 1.54) is 0 Å². The molecule has 4 heteroatoms. The summed E-state index contributed by atoms with van der Waals surface area (Å²) in [7, 11) is 0. The zero-order valence-corrected chi connectivity index (χ0v) is 9.55. The van der Waals surface area contributed by atoms with Crippen molar-refractivity contribution in [3.05, 3.63) is 29.6 Å². The zero-order valence-electron chi connectivity index (χ0n) is 9.55. The number of rotatable bonds is 2. The van der Waals surface area contributed by atoms with Crippen molar-refractivity contribution in [2.75, 3.05) is 13.1 Å². The Kier molecular flexibility index (Phi) is 2.92. The normalized spacial score (nSPS) is 16.4. The average molecular weight is 220 g/mol. The molecule has 1 amide bonds. The van der Waals surface area contributed by atoms with E-state index in [0.29, 0.717) is 24.7 Å². The molecule has 0 aromatic carbocycles. The van der Waals surface area contributed by atoms with Crippen LogP contribution in [0.3, 0.4) is 0 Å². The van der Waals surface area contributed by atoms with Gasteiger partial charge in [-0.3, -0.25) is 9.78 Å². The second-order valence-electron chi connectivity index (χ2n) is 4.50. The lowest BCUT2D eigenvalue weighted by molar-refractivity contribution is 0.00550. The molecule has 0 radical (unpaired) electrons. The first kappa shape index (κ1) is 11.1. The number of amides is 1. The van der Waals surface area contributed by atoms with Gasteiger partial charge in [0, 0.05) is 19.3 Å². The second-order valence-corrected chi connectivity index (χ2v) is 4.50. The molecule has 86 valence electrons. The van der Waals surface area contributed by atoms with Gasteiger partial charge in [0.15, 0.2) is 0 Å². The molecule has 2 rings (SSSR count). The van der Waals surface area contributed by atoms with Crippen LogP contribution in [0.15, 0.2) is 18.3 Å². The molecule has 0 unspecified atom stereocenters. The monoisotopic (exact) mass is 220 g/mol. The molecule has 1 aliphatic heterocycles. The Balaban J connectivity index is 2.07. The SMILES string of the molecule is CC(C)c1ccc(C(=O)N2CC(O)C2)nc1. The lowest BCUT2D eigenvalue weighted by Crippen LogP contribution is -2.53. The number of nitrogens with zero attached hydrogens (tertiary/aromatic N) is 2. The average Bonchev–Trinajstić information content (AvgIpc) is 2.24. The fourth-order valence-electron chi connectivity index (χ4n) is 1.66. The van der Waals surface area contributed by atoms with Crippen molar-refractivity contribution in [2.45, 2.75) is 25.9 Å². The number of carbonyl (C=O) groups is 1. The molecule has 0 bridgehead atoms. The van der Waals surface area contributed by atoms with E-state index in [1.54, 1.807) is 17.2 Å². The number of aromatic nitrogens is 1. The van der Waals surface area contributed by atoms with Crippen LogP contribution in [0.4, 0.5) is 0 Å². The van der Waals surface area contributed by atoms with Crippen molar-refractivity contribution in [3.8, 4) is 0 Å². The molecule has 0 spiro atoms. The molecular formula is C12H16N2O2. The predicted octanol–water partition coefficient (Wildman–Crippen LogP) is 1.02. The minimum atomic E-state index is -0.362. The van der Waals surface area contributed by atoms with Crippen LogP contribution >= 0.6 is 0 Å². The molecular weight excluding hydrogens is 204 g/mol. The van der Waals surface area contributed by atoms with Gasteiger partial charge in [0.05, 0.1) is 6.10 Å². The predicted molar refractivity (Wildman–Crippen MR) is 60.2 cm³/mol. The number of β-amino-alcohol motifs (C(OH)–C–C–N with tert-alkyl or cyclic N) is 1. The van der Waals surface area contributed by atoms with Gasteiger partial charge in [-0.05, 0) is 17.5 Å². The molecule has 16 heavy (non-hydrogen) atoms. The van der Waals surface area contributed by atoms with E-state index in [0.717, 1.165) is 5.56 Å². The lowest BCUT2D eigenvalue weighted by Gasteiger charge is -2.35. The number of carbonyl (C=O) groups excluding carboxylic acids is 1. The minimum absolute atomic E-state index is 0.0967. The first-order valence-electron chi connectivity index (χ1n) is 5.51. The van der Waals surface area contributed by atoms with Gasteiger partial charge < -0.3 is 10.0 Å². The summed E-state index contributed by atoms with van der Waals surface area (Å²) in [5.74, 6) is 0.322. The molecule has 4 nitrogen and oxygen atoms in total. The van der Waals surface area contributed by atoms with Crippen molar-refractivity contribution < 1.29 is 9.90 Å². The van der Waals surface area contributed by atoms with Crippen molar-refractivity contribution >= 4 is 5.91 Å². The smallest absolute Gasteiger partial charge is 0.272 e. The van der Waals surface area contributed by atoms with Crippen LogP contribution in [-0.4, -0.2) is 40.1 Å². The van der Waals surface area contributed by atoms with Crippen LogP contribution in [0.25, 0.3) is 0 Å². The third-order valence-corrected chi connectivity index (χ3v) is 2.82. The van der Waals surface area contributed by atoms with E-state index in [1.807, 2.05) is 6.07 Å². The van der Waals surface area contributed by atoms with Crippen LogP contribution in [0, 0.1) is 0 Å². The van der Waals surface area contributed by atoms with Crippen molar-refractivity contribution in [1.29, 1.82) is 0 Å². The first-order valence-corrected chi connectivity index (χ1v) is 5.51. The Morgan fingerprint density at radius 2 is 2.19 bits per heavy atom.